The summed E-state index contributed by atoms with van der Waals surface area (Å²) in [5.74, 6) is 0.235. The van der Waals surface area contributed by atoms with Gasteiger partial charge in [-0.15, -0.1) is 0 Å². The van der Waals surface area contributed by atoms with Crippen molar-refractivity contribution >= 4 is 11.6 Å². The zero-order valence-corrected chi connectivity index (χ0v) is 17.3. The second kappa shape index (κ2) is 8.79. The standard InChI is InChI=1S/C24H22N4O3/c1-3-17-10-12-18(13-11-17)25-21(29)15-28-14-6-9-20(24(28)30)23-26-22(27-31-23)19-8-5-4-7-16(19)2/h4-14H,3,15H2,1-2H3,(H,25,29). The summed E-state index contributed by atoms with van der Waals surface area (Å²) in [6, 6.07) is 18.6. The van der Waals surface area contributed by atoms with E-state index in [0.29, 0.717) is 11.5 Å². The number of nitrogens with one attached hydrogen (secondary N) is 1. The summed E-state index contributed by atoms with van der Waals surface area (Å²) in [5.41, 5.74) is 3.58. The van der Waals surface area contributed by atoms with Gasteiger partial charge in [-0.05, 0) is 48.7 Å². The van der Waals surface area contributed by atoms with Gasteiger partial charge >= 0.3 is 0 Å². The van der Waals surface area contributed by atoms with Crippen molar-refractivity contribution in [1.29, 1.82) is 0 Å². The van der Waals surface area contributed by atoms with Gasteiger partial charge in [0.1, 0.15) is 12.1 Å². The molecule has 2 aromatic heterocycles. The van der Waals surface area contributed by atoms with Crippen LogP contribution in [0.15, 0.2) is 76.2 Å². The Bertz CT molecular complexity index is 1270. The molecule has 0 unspecified atom stereocenters. The number of benzene rings is 2. The van der Waals surface area contributed by atoms with Crippen molar-refractivity contribution in [3.8, 4) is 22.8 Å². The number of hydrogen-bond donors (Lipinski definition) is 1. The molecule has 7 nitrogen and oxygen atoms in total. The van der Waals surface area contributed by atoms with Crippen LogP contribution in [0, 0.1) is 6.92 Å². The number of anilines is 1. The van der Waals surface area contributed by atoms with Gasteiger partial charge in [-0.2, -0.15) is 4.98 Å². The summed E-state index contributed by atoms with van der Waals surface area (Å²) in [5, 5.41) is 6.82. The minimum absolute atomic E-state index is 0.119. The van der Waals surface area contributed by atoms with Crippen molar-refractivity contribution in [2.24, 2.45) is 0 Å². The van der Waals surface area contributed by atoms with Crippen LogP contribution >= 0.6 is 0 Å². The Morgan fingerprint density at radius 1 is 1.03 bits per heavy atom. The summed E-state index contributed by atoms with van der Waals surface area (Å²) in [6.45, 7) is 3.90. The second-order valence-corrected chi connectivity index (χ2v) is 7.19. The zero-order chi connectivity index (χ0) is 21.8. The molecule has 0 aliphatic carbocycles. The normalized spacial score (nSPS) is 10.8. The molecule has 1 N–H and O–H groups in total. The lowest BCUT2D eigenvalue weighted by molar-refractivity contribution is -0.116. The van der Waals surface area contributed by atoms with Crippen LogP contribution in [0.2, 0.25) is 0 Å². The average molecular weight is 414 g/mol. The van der Waals surface area contributed by atoms with E-state index in [-0.39, 0.29) is 29.5 Å². The van der Waals surface area contributed by atoms with Gasteiger partial charge in [-0.25, -0.2) is 0 Å². The highest BCUT2D eigenvalue weighted by atomic mass is 16.5. The molecule has 31 heavy (non-hydrogen) atoms. The van der Waals surface area contributed by atoms with E-state index >= 15 is 0 Å². The number of carbonyl (C=O) groups excluding carboxylic acids is 1. The van der Waals surface area contributed by atoms with Crippen molar-refractivity contribution < 1.29 is 9.32 Å². The van der Waals surface area contributed by atoms with Gasteiger partial charge in [0.15, 0.2) is 0 Å². The maximum absolute atomic E-state index is 12.9. The number of rotatable bonds is 6. The highest BCUT2D eigenvalue weighted by molar-refractivity contribution is 5.90. The monoisotopic (exact) mass is 414 g/mol. The van der Waals surface area contributed by atoms with Crippen LogP contribution in [0.5, 0.6) is 0 Å². The van der Waals surface area contributed by atoms with Gasteiger partial charge in [0.2, 0.25) is 11.7 Å². The summed E-state index contributed by atoms with van der Waals surface area (Å²) in [6.07, 6.45) is 2.49. The number of pyridine rings is 1. The van der Waals surface area contributed by atoms with Gasteiger partial charge < -0.3 is 14.4 Å². The van der Waals surface area contributed by atoms with Gasteiger partial charge in [0.05, 0.1) is 0 Å². The number of nitrogens with zero attached hydrogens (tertiary/aromatic N) is 3. The van der Waals surface area contributed by atoms with E-state index in [1.807, 2.05) is 55.5 Å². The molecule has 0 radical (unpaired) electrons. The van der Waals surface area contributed by atoms with Gasteiger partial charge in [-0.3, -0.25) is 9.59 Å². The molecule has 0 spiro atoms. The fourth-order valence-electron chi connectivity index (χ4n) is 3.27. The Hall–Kier alpha value is -4.00. The van der Waals surface area contributed by atoms with Gasteiger partial charge in [0, 0.05) is 17.4 Å². The van der Waals surface area contributed by atoms with Crippen LogP contribution in [0.25, 0.3) is 22.8 Å². The number of amides is 1. The van der Waals surface area contributed by atoms with Crippen LogP contribution in [0.4, 0.5) is 5.69 Å². The quantitative estimate of drug-likeness (QED) is 0.514. The average Bonchev–Trinajstić information content (AvgIpc) is 3.26. The number of aromatic nitrogens is 3. The fraction of sp³-hybridized carbons (Fsp3) is 0.167. The van der Waals surface area contributed by atoms with Gasteiger partial charge in [-0.1, -0.05) is 48.5 Å². The van der Waals surface area contributed by atoms with E-state index in [1.165, 1.54) is 10.1 Å². The van der Waals surface area contributed by atoms with E-state index in [2.05, 4.69) is 22.4 Å². The summed E-state index contributed by atoms with van der Waals surface area (Å²) in [4.78, 5) is 29.7. The maximum Gasteiger partial charge on any atom is 0.263 e. The molecule has 4 aromatic rings. The van der Waals surface area contributed by atoms with Crippen molar-refractivity contribution in [2.75, 3.05) is 5.32 Å². The Kier molecular flexibility index (Phi) is 5.75. The first-order valence-electron chi connectivity index (χ1n) is 10.0. The van der Waals surface area contributed by atoms with E-state index < -0.39 is 0 Å². The fourth-order valence-corrected chi connectivity index (χ4v) is 3.27. The second-order valence-electron chi connectivity index (χ2n) is 7.19. The van der Waals surface area contributed by atoms with E-state index in [1.54, 1.807) is 18.3 Å². The van der Waals surface area contributed by atoms with Gasteiger partial charge in [0.25, 0.3) is 11.4 Å². The summed E-state index contributed by atoms with van der Waals surface area (Å²) >= 11 is 0. The molecule has 7 heteroatoms. The smallest absolute Gasteiger partial charge is 0.263 e. The lowest BCUT2D eigenvalue weighted by Crippen LogP contribution is -2.28. The Morgan fingerprint density at radius 3 is 2.52 bits per heavy atom. The van der Waals surface area contributed by atoms with Crippen LogP contribution in [0.1, 0.15) is 18.1 Å². The molecule has 0 bridgehead atoms. The molecular formula is C24H22N4O3. The van der Waals surface area contributed by atoms with Crippen molar-refractivity contribution in [3.63, 3.8) is 0 Å². The molecule has 156 valence electrons. The molecule has 0 aliphatic heterocycles. The maximum atomic E-state index is 12.9. The van der Waals surface area contributed by atoms with E-state index in [0.717, 1.165) is 17.5 Å². The highest BCUT2D eigenvalue weighted by Gasteiger charge is 2.16. The molecule has 0 saturated carbocycles. The molecule has 0 saturated heterocycles. The van der Waals surface area contributed by atoms with Crippen molar-refractivity contribution in [2.45, 2.75) is 26.8 Å². The third kappa shape index (κ3) is 4.45. The molecule has 0 atom stereocenters. The molecule has 2 aromatic carbocycles. The number of carbonyl (C=O) groups is 1. The minimum Gasteiger partial charge on any atom is -0.333 e. The van der Waals surface area contributed by atoms with Crippen LogP contribution in [0.3, 0.4) is 0 Å². The lowest BCUT2D eigenvalue weighted by atomic mass is 10.1. The highest BCUT2D eigenvalue weighted by Crippen LogP contribution is 2.22. The predicted molar refractivity (Wildman–Crippen MR) is 119 cm³/mol. The minimum atomic E-state index is -0.376. The SMILES string of the molecule is CCc1ccc(NC(=O)Cn2cccc(-c3nc(-c4ccccc4C)no3)c2=O)cc1. The third-order valence-electron chi connectivity index (χ3n) is 5.02. The Labute approximate surface area is 179 Å². The van der Waals surface area contributed by atoms with Crippen molar-refractivity contribution in [1.82, 2.24) is 14.7 Å². The molecule has 1 amide bonds. The Balaban J connectivity index is 1.54. The Morgan fingerprint density at radius 2 is 1.77 bits per heavy atom. The number of aryl methyl sites for hydroxylation is 2. The van der Waals surface area contributed by atoms with E-state index in [4.69, 9.17) is 4.52 Å². The molecule has 0 aliphatic rings. The van der Waals surface area contributed by atoms with Crippen molar-refractivity contribution in [3.05, 3.63) is 88.3 Å². The first-order chi connectivity index (χ1) is 15.0. The van der Waals surface area contributed by atoms with E-state index in [9.17, 15) is 9.59 Å². The lowest BCUT2D eigenvalue weighted by Gasteiger charge is -2.08. The summed E-state index contributed by atoms with van der Waals surface area (Å²) in [7, 11) is 0. The zero-order valence-electron chi connectivity index (χ0n) is 17.3. The predicted octanol–water partition coefficient (Wildman–Crippen LogP) is 4.07. The first-order valence-corrected chi connectivity index (χ1v) is 10.0. The first kappa shape index (κ1) is 20.3. The molecule has 4 rings (SSSR count). The van der Waals surface area contributed by atoms with Crippen LogP contribution in [-0.2, 0) is 17.8 Å². The topological polar surface area (TPSA) is 90.0 Å². The largest absolute Gasteiger partial charge is 0.333 e. The van der Waals surface area contributed by atoms with Crippen LogP contribution in [-0.4, -0.2) is 20.6 Å². The molecule has 2 heterocycles. The van der Waals surface area contributed by atoms with Crippen LogP contribution < -0.4 is 10.9 Å². The molecule has 0 fully saturated rings. The molecular weight excluding hydrogens is 392 g/mol. The summed E-state index contributed by atoms with van der Waals surface area (Å²) < 4.78 is 6.67. The number of hydrogen-bond acceptors (Lipinski definition) is 5. The third-order valence-corrected chi connectivity index (χ3v) is 5.02.